The van der Waals surface area contributed by atoms with Crippen molar-refractivity contribution in [1.29, 1.82) is 0 Å². The van der Waals surface area contributed by atoms with Crippen molar-refractivity contribution in [1.82, 2.24) is 19.9 Å². The fourth-order valence-electron chi connectivity index (χ4n) is 3.50. The lowest BCUT2D eigenvalue weighted by atomic mass is 9.71. The topological polar surface area (TPSA) is 109 Å². The molecule has 0 aliphatic carbocycles. The van der Waals surface area contributed by atoms with E-state index in [1.54, 1.807) is 5.38 Å². The highest BCUT2D eigenvalue weighted by Gasteiger charge is 2.21. The van der Waals surface area contributed by atoms with Gasteiger partial charge in [0.25, 0.3) is 5.91 Å². The van der Waals surface area contributed by atoms with E-state index in [4.69, 9.17) is 16.3 Å². The van der Waals surface area contributed by atoms with Gasteiger partial charge < -0.3 is 15.0 Å². The van der Waals surface area contributed by atoms with Crippen LogP contribution >= 0.6 is 22.9 Å². The fourth-order valence-corrected chi connectivity index (χ4v) is 4.35. The Morgan fingerprint density at radius 1 is 1.38 bits per heavy atom. The maximum Gasteiger partial charge on any atom is 0.272 e. The number of hydrogen-bond donors (Lipinski definition) is 2. The molecule has 2 aromatic rings. The molecule has 1 saturated heterocycles. The van der Waals surface area contributed by atoms with Crippen molar-refractivity contribution in [3.8, 4) is 5.88 Å². The number of nitrogens with zero attached hydrogens (tertiary/aromatic N) is 4. The largest absolute Gasteiger partial charge is 0.480 e. The van der Waals surface area contributed by atoms with Crippen LogP contribution in [0.2, 0.25) is 11.3 Å². The Bertz CT molecular complexity index is 959. The van der Waals surface area contributed by atoms with Crippen molar-refractivity contribution in [2.75, 3.05) is 30.7 Å². The van der Waals surface area contributed by atoms with Crippen molar-refractivity contribution >= 4 is 53.1 Å². The molecule has 2 N–H and O–H groups in total. The van der Waals surface area contributed by atoms with Crippen molar-refractivity contribution < 1.29 is 14.3 Å². The molecule has 2 aromatic heterocycles. The van der Waals surface area contributed by atoms with Crippen LogP contribution in [0.15, 0.2) is 24.2 Å². The zero-order valence-corrected chi connectivity index (χ0v) is 19.5. The summed E-state index contributed by atoms with van der Waals surface area (Å²) in [6, 6.07) is 0.191. The molecule has 0 radical (unpaired) electrons. The summed E-state index contributed by atoms with van der Waals surface area (Å²) in [7, 11) is 2.44. The first-order valence-electron chi connectivity index (χ1n) is 10.5. The summed E-state index contributed by atoms with van der Waals surface area (Å²) >= 11 is 7.24. The van der Waals surface area contributed by atoms with E-state index >= 15 is 0 Å². The minimum absolute atomic E-state index is 0.115. The molecule has 170 valence electrons. The van der Waals surface area contributed by atoms with E-state index < -0.39 is 0 Å². The standard InChI is InChI=1S/C20H26BClN6O3S/c1-3-16(29)26-20-25-15(11-32-20)18(30)28-9-5-7-13(6-4-8-21-12-28)24-19-23-10-14(22)17(27-19)31-2/h3,10-11,13,21H,1,4-9,12H2,2H3,(H,23,24,27)(H,25,26,29)/t13-/m1/s1. The Kier molecular flexibility index (Phi) is 8.86. The Labute approximate surface area is 196 Å². The van der Waals surface area contributed by atoms with E-state index in [2.05, 4.69) is 32.2 Å². The molecular weight excluding hydrogens is 451 g/mol. The highest BCUT2D eigenvalue weighted by molar-refractivity contribution is 7.14. The van der Waals surface area contributed by atoms with Gasteiger partial charge in [0.05, 0.1) is 13.3 Å². The van der Waals surface area contributed by atoms with Gasteiger partial charge in [0, 0.05) is 18.0 Å². The molecule has 1 fully saturated rings. The van der Waals surface area contributed by atoms with Gasteiger partial charge in [-0.3, -0.25) is 14.9 Å². The normalized spacial score (nSPS) is 17.1. The van der Waals surface area contributed by atoms with E-state index in [0.29, 0.717) is 40.7 Å². The molecule has 0 aromatic carbocycles. The lowest BCUT2D eigenvalue weighted by Gasteiger charge is -2.26. The molecule has 2 amide bonds. The minimum atomic E-state index is -0.349. The molecule has 1 aliphatic heterocycles. The predicted octanol–water partition coefficient (Wildman–Crippen LogP) is 3.03. The van der Waals surface area contributed by atoms with Crippen LogP contribution in [-0.2, 0) is 4.79 Å². The van der Waals surface area contributed by atoms with Crippen LogP contribution in [0.3, 0.4) is 0 Å². The molecule has 3 heterocycles. The number of carbonyl (C=O) groups is 2. The Balaban J connectivity index is 1.59. The summed E-state index contributed by atoms with van der Waals surface area (Å²) in [6.07, 6.45) is 8.15. The number of methoxy groups -OCH3 is 1. The van der Waals surface area contributed by atoms with Crippen LogP contribution in [0.1, 0.15) is 36.2 Å². The Morgan fingerprint density at radius 3 is 2.97 bits per heavy atom. The van der Waals surface area contributed by atoms with Crippen LogP contribution < -0.4 is 15.4 Å². The van der Waals surface area contributed by atoms with Crippen molar-refractivity contribution in [3.63, 3.8) is 0 Å². The van der Waals surface area contributed by atoms with E-state index in [9.17, 15) is 9.59 Å². The molecule has 1 atom stereocenters. The summed E-state index contributed by atoms with van der Waals surface area (Å²) in [5.41, 5.74) is 0.350. The van der Waals surface area contributed by atoms with Gasteiger partial charge in [-0.05, 0) is 31.8 Å². The van der Waals surface area contributed by atoms with Gasteiger partial charge in [0.2, 0.25) is 17.7 Å². The third-order valence-electron chi connectivity index (χ3n) is 5.13. The second-order valence-corrected chi connectivity index (χ2v) is 8.67. The van der Waals surface area contributed by atoms with E-state index in [-0.39, 0.29) is 17.9 Å². The average molecular weight is 477 g/mol. The molecule has 0 spiro atoms. The van der Waals surface area contributed by atoms with Gasteiger partial charge in [-0.15, -0.1) is 11.3 Å². The summed E-state index contributed by atoms with van der Waals surface area (Å²) in [5.74, 6) is 0.361. The minimum Gasteiger partial charge on any atom is -0.480 e. The number of halogens is 1. The summed E-state index contributed by atoms with van der Waals surface area (Å²) in [6.45, 7) is 4.05. The van der Waals surface area contributed by atoms with E-state index in [0.717, 1.165) is 39.3 Å². The smallest absolute Gasteiger partial charge is 0.272 e. The third-order valence-corrected chi connectivity index (χ3v) is 6.14. The number of rotatable bonds is 6. The van der Waals surface area contributed by atoms with Crippen molar-refractivity contribution in [2.24, 2.45) is 0 Å². The van der Waals surface area contributed by atoms with Gasteiger partial charge >= 0.3 is 0 Å². The van der Waals surface area contributed by atoms with Crippen LogP contribution in [0, 0.1) is 0 Å². The predicted molar refractivity (Wildman–Crippen MR) is 128 cm³/mol. The van der Waals surface area contributed by atoms with Crippen LogP contribution in [0.5, 0.6) is 5.88 Å². The highest BCUT2D eigenvalue weighted by atomic mass is 35.5. The maximum absolute atomic E-state index is 13.0. The molecule has 0 unspecified atom stereocenters. The molecule has 3 rings (SSSR count). The first-order valence-corrected chi connectivity index (χ1v) is 11.8. The molecule has 1 aliphatic rings. The van der Waals surface area contributed by atoms with Gasteiger partial charge in [0.15, 0.2) is 5.13 Å². The highest BCUT2D eigenvalue weighted by Crippen LogP contribution is 2.23. The fraction of sp³-hybridized carbons (Fsp3) is 0.450. The molecular formula is C20H26BClN6O3S. The number of hydrogen-bond acceptors (Lipinski definition) is 8. The monoisotopic (exact) mass is 476 g/mol. The summed E-state index contributed by atoms with van der Waals surface area (Å²) < 4.78 is 5.17. The molecule has 12 heteroatoms. The number of ether oxygens (including phenoxy) is 1. The van der Waals surface area contributed by atoms with Gasteiger partial charge in [-0.25, -0.2) is 9.97 Å². The number of anilines is 2. The first kappa shape index (κ1) is 24.0. The van der Waals surface area contributed by atoms with Gasteiger partial charge in [-0.2, -0.15) is 4.98 Å². The lowest BCUT2D eigenvalue weighted by Crippen LogP contribution is -2.37. The average Bonchev–Trinajstić information content (AvgIpc) is 3.26. The van der Waals surface area contributed by atoms with E-state index in [1.165, 1.54) is 30.7 Å². The first-order chi connectivity index (χ1) is 15.5. The Morgan fingerprint density at radius 2 is 2.19 bits per heavy atom. The number of carbonyl (C=O) groups excluding carboxylic acids is 2. The van der Waals surface area contributed by atoms with Gasteiger partial charge in [-0.1, -0.05) is 30.9 Å². The summed E-state index contributed by atoms with van der Waals surface area (Å²) in [5, 5.41) is 8.41. The SMILES string of the molecule is C=CC(=O)Nc1nc(C(=O)N2CBCCC[C@@H](Nc3ncc(Cl)c(OC)n3)CCC2)cs1. The van der Waals surface area contributed by atoms with Crippen LogP contribution in [-0.4, -0.2) is 65.1 Å². The molecule has 0 saturated carbocycles. The van der Waals surface area contributed by atoms with E-state index in [1.807, 2.05) is 4.90 Å². The number of amides is 2. The third kappa shape index (κ3) is 6.67. The van der Waals surface area contributed by atoms with Crippen LogP contribution in [0.25, 0.3) is 0 Å². The van der Waals surface area contributed by atoms with Gasteiger partial charge in [0.1, 0.15) is 18.0 Å². The van der Waals surface area contributed by atoms with Crippen LogP contribution in [0.4, 0.5) is 11.1 Å². The van der Waals surface area contributed by atoms with Crippen molar-refractivity contribution in [3.05, 3.63) is 34.9 Å². The lowest BCUT2D eigenvalue weighted by molar-refractivity contribution is -0.111. The number of aromatic nitrogens is 3. The number of thiazole rings is 1. The Hall–Kier alpha value is -2.66. The molecule has 9 nitrogen and oxygen atoms in total. The maximum atomic E-state index is 13.0. The zero-order valence-electron chi connectivity index (χ0n) is 18.0. The van der Waals surface area contributed by atoms with Crippen molar-refractivity contribution in [2.45, 2.75) is 38.0 Å². The second-order valence-electron chi connectivity index (χ2n) is 7.41. The molecule has 32 heavy (non-hydrogen) atoms. The number of nitrogens with one attached hydrogen (secondary N) is 2. The quantitative estimate of drug-likeness (QED) is 0.487. The summed E-state index contributed by atoms with van der Waals surface area (Å²) in [4.78, 5) is 39.1. The zero-order chi connectivity index (χ0) is 22.9. The molecule has 0 bridgehead atoms. The second kappa shape index (κ2) is 11.8.